The van der Waals surface area contributed by atoms with Gasteiger partial charge in [0.15, 0.2) is 0 Å². The molecule has 310 valence electrons. The Morgan fingerprint density at radius 3 is 1.53 bits per heavy atom. The SMILES string of the molecule is Cc1ccc(-c2ccc3c(c2)c2ccccc2n3-c2cc(C#N)cc(-n3c4ccccc4c4cc(-c5ccc(C(F)(F)F)cc5C(F)(F)F)ccc43)c2-c2cccc(C#N)c2)c(C)c1. The van der Waals surface area contributed by atoms with Crippen molar-refractivity contribution in [1.29, 1.82) is 10.5 Å². The third kappa shape index (κ3) is 6.54. The molecule has 8 aromatic carbocycles. The van der Waals surface area contributed by atoms with E-state index in [4.69, 9.17) is 0 Å². The van der Waals surface area contributed by atoms with Crippen LogP contribution in [0.25, 0.3) is 88.4 Å². The molecule has 0 fully saturated rings. The van der Waals surface area contributed by atoms with E-state index in [0.717, 1.165) is 44.6 Å². The molecule has 4 nitrogen and oxygen atoms in total. The quantitative estimate of drug-likeness (QED) is 0.162. The highest BCUT2D eigenvalue weighted by Gasteiger charge is 2.38. The number of hydrogen-bond donors (Lipinski definition) is 0. The maximum Gasteiger partial charge on any atom is 0.417 e. The van der Waals surface area contributed by atoms with Crippen molar-refractivity contribution in [3.63, 3.8) is 0 Å². The molecule has 64 heavy (non-hydrogen) atoms. The number of nitrogens with zero attached hydrogens (tertiary/aromatic N) is 4. The van der Waals surface area contributed by atoms with Crippen molar-refractivity contribution in [3.8, 4) is 56.9 Å². The molecule has 0 saturated carbocycles. The summed E-state index contributed by atoms with van der Waals surface area (Å²) >= 11 is 0. The number of nitriles is 2. The summed E-state index contributed by atoms with van der Waals surface area (Å²) in [5.41, 5.74) is 7.62. The Labute approximate surface area is 362 Å². The van der Waals surface area contributed by atoms with Crippen LogP contribution in [-0.4, -0.2) is 9.13 Å². The second kappa shape index (κ2) is 14.8. The highest BCUT2D eigenvalue weighted by molar-refractivity contribution is 6.13. The minimum absolute atomic E-state index is 0.0790. The molecule has 0 spiro atoms. The van der Waals surface area contributed by atoms with Crippen LogP contribution in [0.1, 0.15) is 33.4 Å². The zero-order chi connectivity index (χ0) is 44.7. The number of aromatic nitrogens is 2. The van der Waals surface area contributed by atoms with E-state index in [1.165, 1.54) is 11.6 Å². The van der Waals surface area contributed by atoms with Gasteiger partial charge in [-0.15, -0.1) is 0 Å². The first-order valence-corrected chi connectivity index (χ1v) is 20.3. The largest absolute Gasteiger partial charge is 0.417 e. The fourth-order valence-electron chi connectivity index (χ4n) is 9.21. The summed E-state index contributed by atoms with van der Waals surface area (Å²) in [6, 6.07) is 49.9. The van der Waals surface area contributed by atoms with Crippen LogP contribution < -0.4 is 0 Å². The smallest absolute Gasteiger partial charge is 0.308 e. The van der Waals surface area contributed by atoms with Gasteiger partial charge in [-0.2, -0.15) is 36.9 Å². The van der Waals surface area contributed by atoms with Gasteiger partial charge in [-0.25, -0.2) is 0 Å². The van der Waals surface area contributed by atoms with E-state index in [0.29, 0.717) is 61.5 Å². The van der Waals surface area contributed by atoms with Crippen LogP contribution in [0.4, 0.5) is 26.3 Å². The second-order valence-corrected chi connectivity index (χ2v) is 15.9. The third-order valence-electron chi connectivity index (χ3n) is 12.0. The van der Waals surface area contributed by atoms with Gasteiger partial charge in [-0.3, -0.25) is 0 Å². The predicted octanol–water partition coefficient (Wildman–Crippen LogP) is 15.3. The molecule has 0 unspecified atom stereocenters. The van der Waals surface area contributed by atoms with E-state index >= 15 is 0 Å². The Morgan fingerprint density at radius 2 is 0.984 bits per heavy atom. The van der Waals surface area contributed by atoms with Crippen LogP contribution in [0.15, 0.2) is 158 Å². The van der Waals surface area contributed by atoms with E-state index in [-0.39, 0.29) is 11.6 Å². The molecule has 2 aromatic heterocycles. The number of para-hydroxylation sites is 2. The van der Waals surface area contributed by atoms with Gasteiger partial charge in [0, 0.05) is 27.1 Å². The normalized spacial score (nSPS) is 12.0. The van der Waals surface area contributed by atoms with Crippen LogP contribution >= 0.6 is 0 Å². The van der Waals surface area contributed by atoms with Gasteiger partial charge in [0.2, 0.25) is 0 Å². The van der Waals surface area contributed by atoms with Crippen LogP contribution in [-0.2, 0) is 12.4 Å². The number of rotatable bonds is 5. The molecule has 0 amide bonds. The summed E-state index contributed by atoms with van der Waals surface area (Å²) in [6.45, 7) is 4.16. The molecule has 0 radical (unpaired) electrons. The summed E-state index contributed by atoms with van der Waals surface area (Å²) in [5.74, 6) is 0. The van der Waals surface area contributed by atoms with E-state index in [1.54, 1.807) is 42.5 Å². The van der Waals surface area contributed by atoms with Crippen LogP contribution in [0.5, 0.6) is 0 Å². The summed E-state index contributed by atoms with van der Waals surface area (Å²) in [4.78, 5) is 0. The highest BCUT2D eigenvalue weighted by atomic mass is 19.4. The Morgan fingerprint density at radius 1 is 0.438 bits per heavy atom. The number of halogens is 6. The van der Waals surface area contributed by atoms with Gasteiger partial charge in [0.25, 0.3) is 0 Å². The molecule has 0 aliphatic rings. The molecule has 0 aliphatic heterocycles. The third-order valence-corrected chi connectivity index (χ3v) is 12.0. The van der Waals surface area contributed by atoms with E-state index < -0.39 is 29.0 Å². The molecule has 10 aromatic rings. The molecular formula is C54H32F6N4. The number of alkyl halides is 6. The van der Waals surface area contributed by atoms with Crippen molar-refractivity contribution in [1.82, 2.24) is 9.13 Å². The van der Waals surface area contributed by atoms with Gasteiger partial charge in [0.1, 0.15) is 0 Å². The van der Waals surface area contributed by atoms with Crippen molar-refractivity contribution in [2.45, 2.75) is 26.2 Å². The molecule has 10 heteroatoms. The lowest BCUT2D eigenvalue weighted by atomic mass is 9.95. The van der Waals surface area contributed by atoms with Gasteiger partial charge in [-0.05, 0) is 120 Å². The van der Waals surface area contributed by atoms with Gasteiger partial charge >= 0.3 is 12.4 Å². The molecular weight excluding hydrogens is 819 g/mol. The first-order valence-electron chi connectivity index (χ1n) is 20.3. The van der Waals surface area contributed by atoms with Crippen LogP contribution in [0.2, 0.25) is 0 Å². The molecule has 0 atom stereocenters. The molecule has 10 rings (SSSR count). The fourth-order valence-corrected chi connectivity index (χ4v) is 9.21. The predicted molar refractivity (Wildman–Crippen MR) is 240 cm³/mol. The Hall–Kier alpha value is -8.08. The van der Waals surface area contributed by atoms with Crippen LogP contribution in [0.3, 0.4) is 0 Å². The Bertz CT molecular complexity index is 3650. The van der Waals surface area contributed by atoms with Gasteiger partial charge in [-0.1, -0.05) is 90.5 Å². The van der Waals surface area contributed by atoms with Gasteiger partial charge < -0.3 is 9.13 Å². The summed E-state index contributed by atoms with van der Waals surface area (Å²) in [5, 5.41) is 24.0. The lowest BCUT2D eigenvalue weighted by Crippen LogP contribution is -2.12. The van der Waals surface area contributed by atoms with Crippen LogP contribution in [0, 0.1) is 36.5 Å². The lowest BCUT2D eigenvalue weighted by Gasteiger charge is -2.21. The fraction of sp³-hybridized carbons (Fsp3) is 0.0741. The van der Waals surface area contributed by atoms with Crippen molar-refractivity contribution >= 4 is 43.6 Å². The lowest BCUT2D eigenvalue weighted by molar-refractivity contribution is -0.142. The maximum absolute atomic E-state index is 14.5. The summed E-state index contributed by atoms with van der Waals surface area (Å²) < 4.78 is 88.5. The van der Waals surface area contributed by atoms with E-state index in [9.17, 15) is 36.9 Å². The molecule has 0 aliphatic carbocycles. The first-order chi connectivity index (χ1) is 30.7. The van der Waals surface area contributed by atoms with E-state index in [2.05, 4.69) is 73.0 Å². The summed E-state index contributed by atoms with van der Waals surface area (Å²) in [7, 11) is 0. The average Bonchev–Trinajstić information content (AvgIpc) is 3.80. The van der Waals surface area contributed by atoms with E-state index in [1.807, 2.05) is 53.1 Å². The molecule has 0 saturated heterocycles. The highest BCUT2D eigenvalue weighted by Crippen LogP contribution is 2.46. The monoisotopic (exact) mass is 850 g/mol. The van der Waals surface area contributed by atoms with Gasteiger partial charge in [0.05, 0.1) is 67.8 Å². The standard InChI is InChI=1S/C54H32F6N4/c1-31-14-18-39(32(2)22-31)35-15-20-48-43(26-35)41-10-3-5-12-46(41)63(48)50-24-34(30-62)25-51(52(50)37-9-7-8-33(23-37)29-61)64-47-13-6-4-11-42(47)44-27-36(16-21-49(44)64)40-19-17-38(53(55,56)57)28-45(40)54(58,59)60/h3-28H,1-2H3. The van der Waals surface area contributed by atoms with Crippen molar-refractivity contribution in [2.75, 3.05) is 0 Å². The van der Waals surface area contributed by atoms with Crippen molar-refractivity contribution < 1.29 is 26.3 Å². The average molecular weight is 851 g/mol. The molecule has 0 bridgehead atoms. The number of hydrogen-bond acceptors (Lipinski definition) is 2. The summed E-state index contributed by atoms with van der Waals surface area (Å²) in [6.07, 6.45) is -10.0. The van der Waals surface area contributed by atoms with Crippen molar-refractivity contribution in [2.24, 2.45) is 0 Å². The number of aryl methyl sites for hydroxylation is 2. The number of fused-ring (bicyclic) bond motifs is 6. The maximum atomic E-state index is 14.5. The zero-order valence-electron chi connectivity index (χ0n) is 34.1. The minimum Gasteiger partial charge on any atom is -0.308 e. The number of benzene rings is 8. The first kappa shape index (κ1) is 40.0. The molecule has 2 heterocycles. The molecule has 0 N–H and O–H groups in total. The zero-order valence-corrected chi connectivity index (χ0v) is 34.1. The topological polar surface area (TPSA) is 57.4 Å². The second-order valence-electron chi connectivity index (χ2n) is 15.9. The minimum atomic E-state index is -5.07. The Kier molecular flexibility index (Phi) is 9.25. The Balaban J connectivity index is 1.29. The van der Waals surface area contributed by atoms with Crippen molar-refractivity contribution in [3.05, 3.63) is 191 Å².